The molecule has 3 aliphatic rings. The van der Waals surface area contributed by atoms with Crippen LogP contribution in [0.5, 0.6) is 5.75 Å². The predicted octanol–water partition coefficient (Wildman–Crippen LogP) is 1.77. The van der Waals surface area contributed by atoms with Crippen LogP contribution in [0.4, 0.5) is 5.69 Å². The van der Waals surface area contributed by atoms with E-state index in [1.807, 2.05) is 48.5 Å². The fourth-order valence-corrected chi connectivity index (χ4v) is 5.60. The van der Waals surface area contributed by atoms with Gasteiger partial charge in [0.05, 0.1) is 46.2 Å². The first kappa shape index (κ1) is 45.0. The van der Waals surface area contributed by atoms with Gasteiger partial charge < -0.3 is 71.0 Å². The molecular formula is C40H54N4O13. The average molecular weight is 799 g/mol. The van der Waals surface area contributed by atoms with Crippen LogP contribution >= 0.6 is 0 Å². The predicted molar refractivity (Wildman–Crippen MR) is 207 cm³/mol. The second kappa shape index (κ2) is 24.2. The molecule has 3 aromatic rings. The van der Waals surface area contributed by atoms with Crippen LogP contribution in [0, 0.1) is 0 Å². The van der Waals surface area contributed by atoms with Crippen molar-refractivity contribution in [2.45, 2.75) is 69.1 Å². The number of benzene rings is 3. The number of rotatable bonds is 18. The quantitative estimate of drug-likeness (QED) is 0.0966. The Morgan fingerprint density at radius 3 is 1.37 bits per heavy atom. The summed E-state index contributed by atoms with van der Waals surface area (Å²) in [5.74, 6) is -2.28. The number of aliphatic carboxylic acids is 3. The standard InChI is InChI=1S/C14H19NO4.C13H18N2O4.C13H17NO5/c15-12(14(16)17)9-11-3-1-10(2-4-11)5-6-13-18-7-8-19-13;14-11(13(16)17)7-9-1-3-10(4-2-9)15-8-12-18-5-6-19-12;14-11(13(15)16)7-9-1-3-10(4-2-9)19-8-12-17-5-6-18-12/h1-4,12-13H,5-9,15H2,(H,16,17);1-4,11-12,15H,5-8,14H2,(H,16,17);1-4,11-12H,5-8,14H2,(H,15,16). The number of nitrogens with two attached hydrogens (primary N) is 3. The van der Waals surface area contributed by atoms with Gasteiger partial charge in [-0.05, 0) is 72.2 Å². The molecule has 3 aromatic carbocycles. The highest BCUT2D eigenvalue weighted by atomic mass is 16.7. The molecule has 3 unspecified atom stereocenters. The van der Waals surface area contributed by atoms with E-state index >= 15 is 0 Å². The van der Waals surface area contributed by atoms with E-state index in [4.69, 9.17) is 65.7 Å². The first-order valence-corrected chi connectivity index (χ1v) is 18.7. The molecule has 0 spiro atoms. The Kier molecular flexibility index (Phi) is 19.1. The van der Waals surface area contributed by atoms with E-state index in [-0.39, 0.29) is 18.9 Å². The first-order chi connectivity index (χ1) is 27.4. The van der Waals surface area contributed by atoms with Crippen LogP contribution < -0.4 is 27.3 Å². The maximum Gasteiger partial charge on any atom is 0.320 e. The summed E-state index contributed by atoms with van der Waals surface area (Å²) in [5, 5.41) is 29.4. The Labute approximate surface area is 331 Å². The number of carboxylic acid groups (broad SMARTS) is 3. The zero-order chi connectivity index (χ0) is 41.0. The molecule has 0 saturated carbocycles. The summed E-state index contributed by atoms with van der Waals surface area (Å²) in [6.07, 6.45) is 2.11. The van der Waals surface area contributed by atoms with Crippen LogP contribution in [0.1, 0.15) is 28.7 Å². The number of ether oxygens (including phenoxy) is 7. The Morgan fingerprint density at radius 2 is 0.930 bits per heavy atom. The lowest BCUT2D eigenvalue weighted by Gasteiger charge is -2.12. The molecule has 10 N–H and O–H groups in total. The van der Waals surface area contributed by atoms with E-state index in [1.54, 1.807) is 24.3 Å². The van der Waals surface area contributed by atoms with Crippen molar-refractivity contribution in [3.63, 3.8) is 0 Å². The summed E-state index contributed by atoms with van der Waals surface area (Å²) < 4.78 is 37.4. The normalized spacial score (nSPS) is 17.4. The minimum absolute atomic E-state index is 0.0832. The van der Waals surface area contributed by atoms with Gasteiger partial charge in [-0.2, -0.15) is 0 Å². The SMILES string of the molecule is NC(Cc1ccc(CCC2OCCO2)cc1)C(=O)O.NC(Cc1ccc(NCC2OCCO2)cc1)C(=O)O.NC(Cc1ccc(OCC2OCCO2)cc1)C(=O)O. The Bertz CT molecular complexity index is 1430. The summed E-state index contributed by atoms with van der Waals surface area (Å²) in [5.41, 5.74) is 21.3. The van der Waals surface area contributed by atoms with E-state index in [1.165, 1.54) is 5.56 Å². The Hall–Kier alpha value is -4.69. The minimum atomic E-state index is -1.00. The lowest BCUT2D eigenvalue weighted by Crippen LogP contribution is -2.32. The van der Waals surface area contributed by atoms with Crippen LogP contribution in [0.2, 0.25) is 0 Å². The van der Waals surface area contributed by atoms with Gasteiger partial charge in [-0.15, -0.1) is 0 Å². The van der Waals surface area contributed by atoms with Crippen molar-refractivity contribution in [3.05, 3.63) is 95.1 Å². The number of aryl methyl sites for hydroxylation is 1. The van der Waals surface area contributed by atoms with Gasteiger partial charge in [-0.1, -0.05) is 48.5 Å². The molecular weight excluding hydrogens is 744 g/mol. The molecule has 0 aromatic heterocycles. The van der Waals surface area contributed by atoms with Crippen molar-refractivity contribution in [2.24, 2.45) is 17.2 Å². The van der Waals surface area contributed by atoms with Crippen molar-refractivity contribution in [3.8, 4) is 5.75 Å². The molecule has 0 aliphatic carbocycles. The average Bonchev–Trinajstić information content (AvgIpc) is 4.03. The molecule has 6 rings (SSSR count). The summed E-state index contributed by atoms with van der Waals surface area (Å²) >= 11 is 0. The third-order valence-electron chi connectivity index (χ3n) is 8.82. The molecule has 3 fully saturated rings. The van der Waals surface area contributed by atoms with E-state index in [0.717, 1.165) is 35.2 Å². The number of carboxylic acids is 3. The van der Waals surface area contributed by atoms with Gasteiger partial charge in [0.15, 0.2) is 18.9 Å². The van der Waals surface area contributed by atoms with Crippen molar-refractivity contribution < 1.29 is 62.9 Å². The molecule has 0 radical (unpaired) electrons. The summed E-state index contributed by atoms with van der Waals surface area (Å²) in [6.45, 7) is 4.76. The summed E-state index contributed by atoms with van der Waals surface area (Å²) in [4.78, 5) is 32.0. The highest BCUT2D eigenvalue weighted by molar-refractivity contribution is 5.74. The molecule has 312 valence electrons. The molecule has 17 nitrogen and oxygen atoms in total. The molecule has 3 atom stereocenters. The van der Waals surface area contributed by atoms with Crippen LogP contribution in [0.25, 0.3) is 0 Å². The maximum atomic E-state index is 10.7. The third-order valence-corrected chi connectivity index (χ3v) is 8.82. The van der Waals surface area contributed by atoms with Crippen LogP contribution in [0.15, 0.2) is 72.8 Å². The molecule has 0 bridgehead atoms. The van der Waals surface area contributed by atoms with Crippen molar-refractivity contribution in [1.29, 1.82) is 0 Å². The third kappa shape index (κ3) is 17.1. The zero-order valence-electron chi connectivity index (χ0n) is 31.7. The number of hydrogen-bond donors (Lipinski definition) is 7. The molecule has 3 saturated heterocycles. The smallest absolute Gasteiger partial charge is 0.320 e. The lowest BCUT2D eigenvalue weighted by molar-refractivity contribution is -0.139. The minimum Gasteiger partial charge on any atom is -0.488 e. The maximum absolute atomic E-state index is 10.7. The summed E-state index contributed by atoms with van der Waals surface area (Å²) in [6, 6.07) is 19.9. The molecule has 3 aliphatic heterocycles. The van der Waals surface area contributed by atoms with E-state index in [2.05, 4.69) is 5.32 Å². The zero-order valence-corrected chi connectivity index (χ0v) is 31.7. The second-order valence-electron chi connectivity index (χ2n) is 13.3. The van der Waals surface area contributed by atoms with E-state index < -0.39 is 36.0 Å². The fraction of sp³-hybridized carbons (Fsp3) is 0.475. The molecule has 17 heteroatoms. The molecule has 3 heterocycles. The van der Waals surface area contributed by atoms with Crippen molar-refractivity contribution in [2.75, 3.05) is 58.1 Å². The van der Waals surface area contributed by atoms with Crippen LogP contribution in [-0.2, 0) is 68.5 Å². The van der Waals surface area contributed by atoms with Gasteiger partial charge in [0, 0.05) is 12.1 Å². The van der Waals surface area contributed by atoms with Gasteiger partial charge >= 0.3 is 17.9 Å². The largest absolute Gasteiger partial charge is 0.488 e. The van der Waals surface area contributed by atoms with E-state index in [0.29, 0.717) is 77.8 Å². The van der Waals surface area contributed by atoms with E-state index in [9.17, 15) is 14.4 Å². The van der Waals surface area contributed by atoms with Crippen LogP contribution in [0.3, 0.4) is 0 Å². The van der Waals surface area contributed by atoms with Crippen molar-refractivity contribution in [1.82, 2.24) is 0 Å². The number of carbonyl (C=O) groups is 3. The number of anilines is 1. The Balaban J connectivity index is 0.000000189. The van der Waals surface area contributed by atoms with Gasteiger partial charge in [0.1, 0.15) is 30.5 Å². The molecule has 0 amide bonds. The van der Waals surface area contributed by atoms with Gasteiger partial charge in [-0.25, -0.2) is 0 Å². The number of hydrogen-bond acceptors (Lipinski definition) is 14. The highest BCUT2D eigenvalue weighted by Crippen LogP contribution is 2.17. The lowest BCUT2D eigenvalue weighted by atomic mass is 10.0. The first-order valence-electron chi connectivity index (χ1n) is 18.7. The Morgan fingerprint density at radius 1 is 0.561 bits per heavy atom. The highest BCUT2D eigenvalue weighted by Gasteiger charge is 2.19. The fourth-order valence-electron chi connectivity index (χ4n) is 5.60. The summed E-state index contributed by atoms with van der Waals surface area (Å²) in [7, 11) is 0. The topological polar surface area (TPSA) is 267 Å². The van der Waals surface area contributed by atoms with Gasteiger partial charge in [-0.3, -0.25) is 14.4 Å². The van der Waals surface area contributed by atoms with Crippen molar-refractivity contribution >= 4 is 23.6 Å². The van der Waals surface area contributed by atoms with Crippen LogP contribution in [-0.4, -0.2) is 123 Å². The van der Waals surface area contributed by atoms with Gasteiger partial charge in [0.25, 0.3) is 0 Å². The molecule has 57 heavy (non-hydrogen) atoms. The number of nitrogens with one attached hydrogen (secondary N) is 1. The second-order valence-corrected chi connectivity index (χ2v) is 13.3. The van der Waals surface area contributed by atoms with Gasteiger partial charge in [0.2, 0.25) is 0 Å². The monoisotopic (exact) mass is 798 g/mol.